The summed E-state index contributed by atoms with van der Waals surface area (Å²) in [4.78, 5) is 0. The van der Waals surface area contributed by atoms with Crippen molar-refractivity contribution in [2.75, 3.05) is 0 Å². The summed E-state index contributed by atoms with van der Waals surface area (Å²) in [6.07, 6.45) is 0. The Bertz CT molecular complexity index is 1120. The van der Waals surface area contributed by atoms with Gasteiger partial charge in [-0.2, -0.15) is 0 Å². The van der Waals surface area contributed by atoms with Gasteiger partial charge in [-0.1, -0.05) is 77.9 Å². The summed E-state index contributed by atoms with van der Waals surface area (Å²) in [5.74, 6) is 0.626. The number of fused-ring (bicyclic) bond motifs is 1. The minimum atomic E-state index is -2.16. The van der Waals surface area contributed by atoms with Crippen LogP contribution in [0.3, 0.4) is 0 Å². The minimum absolute atomic E-state index is 0.0532. The van der Waals surface area contributed by atoms with Gasteiger partial charge >= 0.3 is 0 Å². The maximum Gasteiger partial charge on any atom is 0.139 e. The molecule has 0 fully saturated rings. The molecule has 1 aliphatic rings. The van der Waals surface area contributed by atoms with E-state index in [1.54, 1.807) is 23.6 Å². The first kappa shape index (κ1) is 19.6. The highest BCUT2D eigenvalue weighted by atomic mass is 32.2. The maximum atomic E-state index is 14.0. The summed E-state index contributed by atoms with van der Waals surface area (Å²) < 4.78 is 42.2. The maximum absolute atomic E-state index is 14.0. The van der Waals surface area contributed by atoms with Crippen LogP contribution in [-0.4, -0.2) is 14.1 Å². The fourth-order valence-corrected chi connectivity index (χ4v) is 4.25. The summed E-state index contributed by atoms with van der Waals surface area (Å²) in [7, 11) is 0. The normalized spacial score (nSPS) is 16.7. The standard InChI is InChI=1S/C23H17FO3S2/c24-18-5-3-4-17(12-18)22-20(13-28)19-6-1-2-7-21(19)27-23(22)16-10-8-15(9-11-16)14-29(25)26/h1-13,20H,14H2,(H,25,26)/p-1. The van der Waals surface area contributed by atoms with E-state index < -0.39 is 11.1 Å². The number of allylic oxidation sites excluding steroid dienone is 1. The molecule has 0 spiro atoms. The Morgan fingerprint density at radius 1 is 1.03 bits per heavy atom. The van der Waals surface area contributed by atoms with Crippen LogP contribution >= 0.6 is 12.2 Å². The predicted octanol–water partition coefficient (Wildman–Crippen LogP) is 5.25. The zero-order valence-corrected chi connectivity index (χ0v) is 16.8. The molecule has 29 heavy (non-hydrogen) atoms. The first-order valence-corrected chi connectivity index (χ1v) is 10.7. The summed E-state index contributed by atoms with van der Waals surface area (Å²) in [5, 5.41) is 1.66. The van der Waals surface area contributed by atoms with Gasteiger partial charge in [0.15, 0.2) is 0 Å². The third-order valence-corrected chi connectivity index (χ3v) is 5.64. The molecule has 4 rings (SSSR count). The van der Waals surface area contributed by atoms with E-state index in [-0.39, 0.29) is 17.5 Å². The van der Waals surface area contributed by atoms with Crippen LogP contribution in [0.5, 0.6) is 5.75 Å². The molecule has 0 saturated heterocycles. The molecule has 0 N–H and O–H groups in total. The zero-order chi connectivity index (χ0) is 20.4. The fourth-order valence-electron chi connectivity index (χ4n) is 3.50. The number of halogens is 1. The lowest BCUT2D eigenvalue weighted by Crippen LogP contribution is -2.15. The van der Waals surface area contributed by atoms with Gasteiger partial charge in [-0.05, 0) is 34.7 Å². The van der Waals surface area contributed by atoms with Gasteiger partial charge in [0.25, 0.3) is 0 Å². The second kappa shape index (κ2) is 8.37. The molecule has 3 nitrogen and oxygen atoms in total. The number of thiocarbonyl (C=S) groups is 1. The second-order valence-electron chi connectivity index (χ2n) is 6.65. The summed E-state index contributed by atoms with van der Waals surface area (Å²) in [5.41, 5.74) is 3.83. The molecule has 0 aromatic heterocycles. The Balaban J connectivity index is 1.90. The lowest BCUT2D eigenvalue weighted by Gasteiger charge is -2.29. The number of benzene rings is 3. The van der Waals surface area contributed by atoms with Crippen molar-refractivity contribution >= 4 is 40.0 Å². The third-order valence-electron chi connectivity index (χ3n) is 4.79. The Hall–Kier alpha value is -2.67. The van der Waals surface area contributed by atoms with E-state index in [2.05, 4.69) is 0 Å². The number of ether oxygens (including phenoxy) is 1. The van der Waals surface area contributed by atoms with Crippen molar-refractivity contribution in [3.63, 3.8) is 0 Å². The average Bonchev–Trinajstić information content (AvgIpc) is 2.72. The topological polar surface area (TPSA) is 49.4 Å². The van der Waals surface area contributed by atoms with Gasteiger partial charge in [-0.25, -0.2) is 4.39 Å². The van der Waals surface area contributed by atoms with E-state index in [1.165, 1.54) is 12.1 Å². The van der Waals surface area contributed by atoms with Crippen molar-refractivity contribution in [2.45, 2.75) is 11.7 Å². The van der Waals surface area contributed by atoms with Crippen LogP contribution in [0.25, 0.3) is 11.3 Å². The first-order chi connectivity index (χ1) is 14.1. The molecule has 1 aliphatic heterocycles. The van der Waals surface area contributed by atoms with Gasteiger partial charge in [-0.3, -0.25) is 4.21 Å². The monoisotopic (exact) mass is 423 g/mol. The Kier molecular flexibility index (Phi) is 5.67. The molecular weight excluding hydrogens is 407 g/mol. The molecule has 1 heterocycles. The molecule has 6 heteroatoms. The quantitative estimate of drug-likeness (QED) is 0.415. The molecule has 0 bridgehead atoms. The molecule has 3 aromatic carbocycles. The van der Waals surface area contributed by atoms with E-state index in [0.29, 0.717) is 22.6 Å². The number of hydrogen-bond acceptors (Lipinski definition) is 4. The van der Waals surface area contributed by atoms with Crippen molar-refractivity contribution < 1.29 is 17.9 Å². The van der Waals surface area contributed by atoms with Crippen LogP contribution in [0, 0.1) is 5.82 Å². The largest absolute Gasteiger partial charge is 0.772 e. The highest BCUT2D eigenvalue weighted by Crippen LogP contribution is 2.46. The van der Waals surface area contributed by atoms with Crippen LogP contribution in [0.2, 0.25) is 0 Å². The van der Waals surface area contributed by atoms with Gasteiger partial charge < -0.3 is 9.29 Å². The molecule has 2 unspecified atom stereocenters. The molecule has 0 radical (unpaired) electrons. The summed E-state index contributed by atoms with van der Waals surface area (Å²) >= 11 is 3.19. The van der Waals surface area contributed by atoms with E-state index in [1.807, 2.05) is 42.5 Å². The average molecular weight is 424 g/mol. The van der Waals surface area contributed by atoms with E-state index in [0.717, 1.165) is 16.7 Å². The first-order valence-electron chi connectivity index (χ1n) is 8.94. The van der Waals surface area contributed by atoms with Crippen LogP contribution in [0.1, 0.15) is 28.2 Å². The molecular formula is C23H16FO3S2-. The second-order valence-corrected chi connectivity index (χ2v) is 7.82. The number of para-hydroxylation sites is 1. The van der Waals surface area contributed by atoms with Gasteiger partial charge in [0.1, 0.15) is 17.3 Å². The molecule has 146 valence electrons. The van der Waals surface area contributed by atoms with Crippen molar-refractivity contribution in [3.05, 3.63) is 101 Å². The van der Waals surface area contributed by atoms with Crippen molar-refractivity contribution in [2.24, 2.45) is 0 Å². The molecule has 0 saturated carbocycles. The fraction of sp³-hybridized carbons (Fsp3) is 0.0870. The van der Waals surface area contributed by atoms with Crippen LogP contribution in [0.15, 0.2) is 72.8 Å². The summed E-state index contributed by atoms with van der Waals surface area (Å²) in [6.45, 7) is 0. The van der Waals surface area contributed by atoms with Crippen molar-refractivity contribution in [1.29, 1.82) is 0 Å². The lowest BCUT2D eigenvalue weighted by atomic mass is 9.83. The van der Waals surface area contributed by atoms with E-state index in [4.69, 9.17) is 17.0 Å². The number of hydrogen-bond donors (Lipinski definition) is 0. The van der Waals surface area contributed by atoms with Crippen LogP contribution in [0.4, 0.5) is 4.39 Å². The Labute approximate surface area is 176 Å². The zero-order valence-electron chi connectivity index (χ0n) is 15.2. The van der Waals surface area contributed by atoms with Crippen LogP contribution < -0.4 is 4.74 Å². The molecule has 2 atom stereocenters. The van der Waals surface area contributed by atoms with Crippen LogP contribution in [-0.2, 0) is 16.8 Å². The molecule has 0 aliphatic carbocycles. The highest BCUT2D eigenvalue weighted by Gasteiger charge is 2.30. The summed E-state index contributed by atoms with van der Waals surface area (Å²) in [6, 6.07) is 21.1. The smallest absolute Gasteiger partial charge is 0.139 e. The predicted molar refractivity (Wildman–Crippen MR) is 116 cm³/mol. The van der Waals surface area contributed by atoms with Crippen molar-refractivity contribution in [1.82, 2.24) is 0 Å². The Morgan fingerprint density at radius 3 is 2.48 bits per heavy atom. The van der Waals surface area contributed by atoms with E-state index in [9.17, 15) is 13.2 Å². The van der Waals surface area contributed by atoms with Crippen molar-refractivity contribution in [3.8, 4) is 5.75 Å². The SMILES string of the molecule is O=S([O-])Cc1ccc(C2=C(c3cccc(F)c3)C(C=S)c3ccccc3O2)cc1. The highest BCUT2D eigenvalue weighted by molar-refractivity contribution is 7.79. The third kappa shape index (κ3) is 4.05. The Morgan fingerprint density at radius 2 is 1.79 bits per heavy atom. The minimum Gasteiger partial charge on any atom is -0.772 e. The van der Waals surface area contributed by atoms with Gasteiger partial charge in [0, 0.05) is 28.4 Å². The van der Waals surface area contributed by atoms with E-state index >= 15 is 0 Å². The lowest BCUT2D eigenvalue weighted by molar-refractivity contribution is 0.500. The molecule has 0 amide bonds. The van der Waals surface area contributed by atoms with Gasteiger partial charge in [0.2, 0.25) is 0 Å². The van der Waals surface area contributed by atoms with Gasteiger partial charge in [0.05, 0.1) is 0 Å². The molecule has 3 aromatic rings. The van der Waals surface area contributed by atoms with Gasteiger partial charge in [-0.15, -0.1) is 0 Å². The number of rotatable bonds is 5.